The summed E-state index contributed by atoms with van der Waals surface area (Å²) in [6.07, 6.45) is 4.42. The Bertz CT molecular complexity index is 339. The lowest BCUT2D eigenvalue weighted by molar-refractivity contribution is 0.142. The fraction of sp³-hybridized carbons (Fsp3) is 0.625. The van der Waals surface area contributed by atoms with E-state index >= 15 is 0 Å². The van der Waals surface area contributed by atoms with E-state index in [0.29, 0.717) is 6.04 Å². The molecule has 2 nitrogen and oxygen atoms in total. The van der Waals surface area contributed by atoms with Gasteiger partial charge in [-0.2, -0.15) is 0 Å². The van der Waals surface area contributed by atoms with Crippen molar-refractivity contribution in [3.8, 4) is 5.75 Å². The van der Waals surface area contributed by atoms with Crippen molar-refractivity contribution in [2.45, 2.75) is 58.6 Å². The minimum atomic E-state index is -0.227. The largest absolute Gasteiger partial charge is 0.489 e. The molecule has 1 aromatic rings. The van der Waals surface area contributed by atoms with Gasteiger partial charge in [-0.1, -0.05) is 27.2 Å². The molecule has 0 radical (unpaired) electrons. The van der Waals surface area contributed by atoms with E-state index in [2.05, 4.69) is 26.1 Å². The summed E-state index contributed by atoms with van der Waals surface area (Å²) in [5.41, 5.74) is 0. The van der Waals surface area contributed by atoms with Crippen molar-refractivity contribution in [1.82, 2.24) is 5.32 Å². The lowest BCUT2D eigenvalue weighted by Gasteiger charge is -2.28. The van der Waals surface area contributed by atoms with Gasteiger partial charge >= 0.3 is 0 Å². The summed E-state index contributed by atoms with van der Waals surface area (Å²) in [5.74, 6) is 0.516. The van der Waals surface area contributed by atoms with Crippen LogP contribution in [-0.4, -0.2) is 18.7 Å². The molecule has 2 atom stereocenters. The molecule has 0 saturated heterocycles. The quantitative estimate of drug-likeness (QED) is 0.725. The zero-order chi connectivity index (χ0) is 14.1. The summed E-state index contributed by atoms with van der Waals surface area (Å²) in [7, 11) is 0. The topological polar surface area (TPSA) is 21.3 Å². The van der Waals surface area contributed by atoms with E-state index in [1.807, 2.05) is 0 Å². The van der Waals surface area contributed by atoms with Crippen molar-refractivity contribution in [2.24, 2.45) is 0 Å². The average molecular weight is 267 g/mol. The van der Waals surface area contributed by atoms with Gasteiger partial charge in [0.05, 0.1) is 0 Å². The number of benzene rings is 1. The summed E-state index contributed by atoms with van der Waals surface area (Å²) in [6, 6.07) is 6.63. The predicted molar refractivity (Wildman–Crippen MR) is 78.1 cm³/mol. The lowest BCUT2D eigenvalue weighted by atomic mass is 10.0. The van der Waals surface area contributed by atoms with Crippen molar-refractivity contribution in [2.75, 3.05) is 6.54 Å². The molecular formula is C16H26FNO. The monoisotopic (exact) mass is 267 g/mol. The van der Waals surface area contributed by atoms with Crippen LogP contribution < -0.4 is 10.1 Å². The smallest absolute Gasteiger partial charge is 0.123 e. The molecule has 0 amide bonds. The molecule has 0 fully saturated rings. The van der Waals surface area contributed by atoms with Crippen molar-refractivity contribution in [3.05, 3.63) is 30.1 Å². The highest BCUT2D eigenvalue weighted by Gasteiger charge is 2.20. The maximum atomic E-state index is 12.9. The molecular weight excluding hydrogens is 241 g/mol. The molecule has 1 aromatic carbocycles. The molecule has 0 heterocycles. The van der Waals surface area contributed by atoms with E-state index in [-0.39, 0.29) is 11.9 Å². The number of rotatable bonds is 9. The SMILES string of the molecule is CCCNC(CCC)C(CC)Oc1ccc(F)cc1. The summed E-state index contributed by atoms with van der Waals surface area (Å²) in [6.45, 7) is 7.49. The Morgan fingerprint density at radius 3 is 2.32 bits per heavy atom. The van der Waals surface area contributed by atoms with Gasteiger partial charge in [0.1, 0.15) is 17.7 Å². The molecule has 19 heavy (non-hydrogen) atoms. The zero-order valence-corrected chi connectivity index (χ0v) is 12.3. The van der Waals surface area contributed by atoms with E-state index in [1.54, 1.807) is 12.1 Å². The van der Waals surface area contributed by atoms with Crippen LogP contribution in [-0.2, 0) is 0 Å². The van der Waals surface area contributed by atoms with Gasteiger partial charge < -0.3 is 10.1 Å². The highest BCUT2D eigenvalue weighted by atomic mass is 19.1. The number of hydrogen-bond acceptors (Lipinski definition) is 2. The average Bonchev–Trinajstić information content (AvgIpc) is 2.43. The van der Waals surface area contributed by atoms with E-state index in [4.69, 9.17) is 4.74 Å². The zero-order valence-electron chi connectivity index (χ0n) is 12.3. The van der Waals surface area contributed by atoms with Gasteiger partial charge in [-0.3, -0.25) is 0 Å². The molecule has 0 aliphatic heterocycles. The number of ether oxygens (including phenoxy) is 1. The third-order valence-electron chi connectivity index (χ3n) is 3.21. The molecule has 3 heteroatoms. The normalized spacial score (nSPS) is 14.1. The van der Waals surface area contributed by atoms with Crippen molar-refractivity contribution < 1.29 is 9.13 Å². The second-order valence-corrected chi connectivity index (χ2v) is 4.87. The standard InChI is InChI=1S/C16H26FNO/c1-4-7-15(18-12-5-2)16(6-3)19-14-10-8-13(17)9-11-14/h8-11,15-16,18H,4-7,12H2,1-3H3. The van der Waals surface area contributed by atoms with Gasteiger partial charge in [-0.15, -0.1) is 0 Å². The van der Waals surface area contributed by atoms with E-state index < -0.39 is 0 Å². The minimum Gasteiger partial charge on any atom is -0.489 e. The predicted octanol–water partition coefficient (Wildman–Crippen LogP) is 4.15. The van der Waals surface area contributed by atoms with Gasteiger partial charge in [0.25, 0.3) is 0 Å². The summed E-state index contributed by atoms with van der Waals surface area (Å²) >= 11 is 0. The Hall–Kier alpha value is -1.09. The third-order valence-corrected chi connectivity index (χ3v) is 3.21. The van der Waals surface area contributed by atoms with Crippen LogP contribution in [0.4, 0.5) is 4.39 Å². The van der Waals surface area contributed by atoms with E-state index in [1.165, 1.54) is 12.1 Å². The molecule has 108 valence electrons. The lowest BCUT2D eigenvalue weighted by Crippen LogP contribution is -2.43. The number of nitrogens with one attached hydrogen (secondary N) is 1. The van der Waals surface area contributed by atoms with Gasteiger partial charge in [0, 0.05) is 6.04 Å². The Morgan fingerprint density at radius 1 is 1.11 bits per heavy atom. The van der Waals surface area contributed by atoms with Crippen molar-refractivity contribution >= 4 is 0 Å². The Balaban J connectivity index is 2.64. The molecule has 0 aromatic heterocycles. The summed E-state index contributed by atoms with van der Waals surface area (Å²) in [4.78, 5) is 0. The van der Waals surface area contributed by atoms with Gasteiger partial charge in [-0.05, 0) is 50.1 Å². The first-order chi connectivity index (χ1) is 9.21. The number of halogens is 1. The Labute approximate surface area is 116 Å². The Morgan fingerprint density at radius 2 is 1.79 bits per heavy atom. The van der Waals surface area contributed by atoms with Gasteiger partial charge in [-0.25, -0.2) is 4.39 Å². The van der Waals surface area contributed by atoms with Crippen LogP contribution in [0.15, 0.2) is 24.3 Å². The van der Waals surface area contributed by atoms with Crippen LogP contribution in [0.2, 0.25) is 0 Å². The Kier molecular flexibility index (Phi) is 7.49. The van der Waals surface area contributed by atoms with Crippen LogP contribution >= 0.6 is 0 Å². The molecule has 0 bridgehead atoms. The van der Waals surface area contributed by atoms with Crippen LogP contribution in [0.1, 0.15) is 46.5 Å². The summed E-state index contributed by atoms with van der Waals surface area (Å²) in [5, 5.41) is 3.55. The second-order valence-electron chi connectivity index (χ2n) is 4.87. The molecule has 0 spiro atoms. The van der Waals surface area contributed by atoms with Crippen molar-refractivity contribution in [3.63, 3.8) is 0 Å². The van der Waals surface area contributed by atoms with Crippen LogP contribution in [0.5, 0.6) is 5.75 Å². The second kappa shape index (κ2) is 8.92. The minimum absolute atomic E-state index is 0.136. The van der Waals surface area contributed by atoms with E-state index in [9.17, 15) is 4.39 Å². The molecule has 0 aliphatic carbocycles. The van der Waals surface area contributed by atoms with Gasteiger partial charge in [0.15, 0.2) is 0 Å². The first kappa shape index (κ1) is 16.0. The molecule has 1 N–H and O–H groups in total. The van der Waals surface area contributed by atoms with Gasteiger partial charge in [0.2, 0.25) is 0 Å². The maximum absolute atomic E-state index is 12.9. The van der Waals surface area contributed by atoms with Crippen LogP contribution in [0.25, 0.3) is 0 Å². The third kappa shape index (κ3) is 5.60. The molecule has 0 saturated carbocycles. The highest BCUT2D eigenvalue weighted by molar-refractivity contribution is 5.22. The summed E-state index contributed by atoms with van der Waals surface area (Å²) < 4.78 is 18.9. The highest BCUT2D eigenvalue weighted by Crippen LogP contribution is 2.18. The fourth-order valence-electron chi connectivity index (χ4n) is 2.20. The molecule has 2 unspecified atom stereocenters. The van der Waals surface area contributed by atoms with E-state index in [0.717, 1.165) is 38.0 Å². The maximum Gasteiger partial charge on any atom is 0.123 e. The van der Waals surface area contributed by atoms with Crippen LogP contribution in [0, 0.1) is 5.82 Å². The van der Waals surface area contributed by atoms with Crippen molar-refractivity contribution in [1.29, 1.82) is 0 Å². The number of hydrogen-bond donors (Lipinski definition) is 1. The first-order valence-corrected chi connectivity index (χ1v) is 7.36. The first-order valence-electron chi connectivity index (χ1n) is 7.36. The molecule has 0 aliphatic rings. The fourth-order valence-corrected chi connectivity index (χ4v) is 2.20. The molecule has 1 rings (SSSR count). The van der Waals surface area contributed by atoms with Crippen LogP contribution in [0.3, 0.4) is 0 Å².